The SMILES string of the molecule is CCCOCC(C)(N)c1noc(C(C)(C)OC)n1. The summed E-state index contributed by atoms with van der Waals surface area (Å²) in [4.78, 5) is 4.30. The molecular weight excluding hydrogens is 234 g/mol. The van der Waals surface area contributed by atoms with Crippen LogP contribution in [0.25, 0.3) is 0 Å². The second-order valence-electron chi connectivity index (χ2n) is 5.11. The average Bonchev–Trinajstić information content (AvgIpc) is 2.80. The standard InChI is InChI=1S/C12H23N3O3/c1-6-7-17-8-12(4,13)9-14-10(18-15-9)11(2,3)16-5/h6-8,13H2,1-5H3. The van der Waals surface area contributed by atoms with Crippen LogP contribution in [0.2, 0.25) is 0 Å². The van der Waals surface area contributed by atoms with E-state index in [-0.39, 0.29) is 0 Å². The Labute approximate surface area is 108 Å². The fourth-order valence-electron chi connectivity index (χ4n) is 1.28. The van der Waals surface area contributed by atoms with E-state index in [2.05, 4.69) is 10.1 Å². The number of ether oxygens (including phenoxy) is 2. The largest absolute Gasteiger partial charge is 0.379 e. The maximum atomic E-state index is 6.13. The average molecular weight is 257 g/mol. The molecule has 1 unspecified atom stereocenters. The fourth-order valence-corrected chi connectivity index (χ4v) is 1.28. The van der Waals surface area contributed by atoms with E-state index in [1.807, 2.05) is 27.7 Å². The maximum absolute atomic E-state index is 6.13. The van der Waals surface area contributed by atoms with Gasteiger partial charge in [-0.2, -0.15) is 4.98 Å². The second kappa shape index (κ2) is 5.77. The molecule has 0 aliphatic rings. The van der Waals surface area contributed by atoms with Gasteiger partial charge in [0.15, 0.2) is 5.82 Å². The molecule has 104 valence electrons. The topological polar surface area (TPSA) is 83.4 Å². The minimum Gasteiger partial charge on any atom is -0.379 e. The molecule has 18 heavy (non-hydrogen) atoms. The van der Waals surface area contributed by atoms with Crippen LogP contribution in [0.15, 0.2) is 4.52 Å². The Morgan fingerprint density at radius 1 is 1.33 bits per heavy atom. The summed E-state index contributed by atoms with van der Waals surface area (Å²) in [6.45, 7) is 8.59. The second-order valence-corrected chi connectivity index (χ2v) is 5.11. The van der Waals surface area contributed by atoms with Crippen molar-refractivity contribution < 1.29 is 14.0 Å². The van der Waals surface area contributed by atoms with Crippen LogP contribution in [-0.4, -0.2) is 30.5 Å². The number of hydrogen-bond acceptors (Lipinski definition) is 6. The van der Waals surface area contributed by atoms with Crippen molar-refractivity contribution in [1.82, 2.24) is 10.1 Å². The predicted octanol–water partition coefficient (Wildman–Crippen LogP) is 1.55. The van der Waals surface area contributed by atoms with Crippen LogP contribution in [0.4, 0.5) is 0 Å². The van der Waals surface area contributed by atoms with E-state index in [1.165, 1.54) is 0 Å². The molecule has 0 aromatic carbocycles. The Hall–Kier alpha value is -0.980. The molecule has 2 N–H and O–H groups in total. The highest BCUT2D eigenvalue weighted by Gasteiger charge is 2.32. The van der Waals surface area contributed by atoms with Crippen molar-refractivity contribution in [3.63, 3.8) is 0 Å². The van der Waals surface area contributed by atoms with Crippen molar-refractivity contribution >= 4 is 0 Å². The quantitative estimate of drug-likeness (QED) is 0.746. The molecule has 1 aromatic rings. The minimum atomic E-state index is -0.763. The Bertz CT molecular complexity index is 374. The summed E-state index contributed by atoms with van der Waals surface area (Å²) in [5, 5.41) is 3.91. The van der Waals surface area contributed by atoms with E-state index in [0.29, 0.717) is 24.9 Å². The Morgan fingerprint density at radius 2 is 2.00 bits per heavy atom. The summed E-state index contributed by atoms with van der Waals surface area (Å²) in [6.07, 6.45) is 0.949. The van der Waals surface area contributed by atoms with E-state index in [4.69, 9.17) is 19.7 Å². The number of methoxy groups -OCH3 is 1. The summed E-state index contributed by atoms with van der Waals surface area (Å²) in [7, 11) is 1.59. The Balaban J connectivity index is 2.78. The maximum Gasteiger partial charge on any atom is 0.258 e. The summed E-state index contributed by atoms with van der Waals surface area (Å²) in [5.74, 6) is 0.839. The third-order valence-electron chi connectivity index (χ3n) is 2.71. The molecule has 0 spiro atoms. The molecule has 1 heterocycles. The lowest BCUT2D eigenvalue weighted by Gasteiger charge is -2.20. The zero-order chi connectivity index (χ0) is 13.8. The van der Waals surface area contributed by atoms with E-state index < -0.39 is 11.1 Å². The summed E-state index contributed by atoms with van der Waals surface area (Å²) in [5.41, 5.74) is 4.74. The van der Waals surface area contributed by atoms with Gasteiger partial charge in [-0.3, -0.25) is 0 Å². The zero-order valence-corrected chi connectivity index (χ0v) is 11.8. The number of nitrogens with zero attached hydrogens (tertiary/aromatic N) is 2. The lowest BCUT2D eigenvalue weighted by Crippen LogP contribution is -2.39. The van der Waals surface area contributed by atoms with Gasteiger partial charge in [0.2, 0.25) is 0 Å². The molecule has 1 rings (SSSR count). The third kappa shape index (κ3) is 3.51. The molecule has 0 aliphatic heterocycles. The van der Waals surface area contributed by atoms with Gasteiger partial charge in [0.05, 0.1) is 6.61 Å². The highest BCUT2D eigenvalue weighted by molar-refractivity contribution is 5.04. The van der Waals surface area contributed by atoms with Crippen molar-refractivity contribution in [3.05, 3.63) is 11.7 Å². The molecular formula is C12H23N3O3. The highest BCUT2D eigenvalue weighted by atomic mass is 16.5. The molecule has 0 bridgehead atoms. The molecule has 1 atom stereocenters. The smallest absolute Gasteiger partial charge is 0.258 e. The van der Waals surface area contributed by atoms with E-state index in [0.717, 1.165) is 6.42 Å². The van der Waals surface area contributed by atoms with Crippen molar-refractivity contribution in [2.24, 2.45) is 5.73 Å². The van der Waals surface area contributed by atoms with Crippen molar-refractivity contribution in [2.75, 3.05) is 20.3 Å². The zero-order valence-electron chi connectivity index (χ0n) is 11.8. The number of aromatic nitrogens is 2. The predicted molar refractivity (Wildman–Crippen MR) is 67.0 cm³/mol. The first-order chi connectivity index (χ1) is 8.33. The van der Waals surface area contributed by atoms with Gasteiger partial charge in [-0.05, 0) is 27.2 Å². The van der Waals surface area contributed by atoms with Gasteiger partial charge < -0.3 is 19.7 Å². The van der Waals surface area contributed by atoms with Crippen molar-refractivity contribution in [2.45, 2.75) is 45.3 Å². The van der Waals surface area contributed by atoms with Gasteiger partial charge >= 0.3 is 0 Å². The van der Waals surface area contributed by atoms with Crippen LogP contribution in [0, 0.1) is 0 Å². The highest BCUT2D eigenvalue weighted by Crippen LogP contribution is 2.24. The first kappa shape index (κ1) is 15.1. The molecule has 0 fully saturated rings. The van der Waals surface area contributed by atoms with Gasteiger partial charge in [0.25, 0.3) is 5.89 Å². The van der Waals surface area contributed by atoms with Crippen LogP contribution in [0.5, 0.6) is 0 Å². The van der Waals surface area contributed by atoms with Gasteiger partial charge in [-0.1, -0.05) is 12.1 Å². The van der Waals surface area contributed by atoms with Gasteiger partial charge in [-0.25, -0.2) is 0 Å². The van der Waals surface area contributed by atoms with Crippen LogP contribution >= 0.6 is 0 Å². The van der Waals surface area contributed by atoms with Crippen LogP contribution in [0.1, 0.15) is 45.8 Å². The van der Waals surface area contributed by atoms with Crippen LogP contribution < -0.4 is 5.73 Å². The van der Waals surface area contributed by atoms with Crippen LogP contribution in [-0.2, 0) is 20.6 Å². The molecule has 0 radical (unpaired) electrons. The summed E-state index contributed by atoms with van der Waals surface area (Å²) < 4.78 is 15.9. The van der Waals surface area contributed by atoms with Gasteiger partial charge in [0.1, 0.15) is 11.1 Å². The summed E-state index contributed by atoms with van der Waals surface area (Å²) >= 11 is 0. The molecule has 1 aromatic heterocycles. The molecule has 0 saturated heterocycles. The first-order valence-electron chi connectivity index (χ1n) is 6.10. The van der Waals surface area contributed by atoms with E-state index in [1.54, 1.807) is 7.11 Å². The van der Waals surface area contributed by atoms with Crippen molar-refractivity contribution in [3.8, 4) is 0 Å². The number of nitrogens with two attached hydrogens (primary N) is 1. The molecule has 0 saturated carbocycles. The third-order valence-corrected chi connectivity index (χ3v) is 2.71. The molecule has 6 heteroatoms. The lowest BCUT2D eigenvalue weighted by atomic mass is 10.0. The van der Waals surface area contributed by atoms with Crippen molar-refractivity contribution in [1.29, 1.82) is 0 Å². The molecule has 6 nitrogen and oxygen atoms in total. The lowest BCUT2D eigenvalue weighted by molar-refractivity contribution is -0.00787. The van der Waals surface area contributed by atoms with Crippen LogP contribution in [0.3, 0.4) is 0 Å². The monoisotopic (exact) mass is 257 g/mol. The van der Waals surface area contributed by atoms with Gasteiger partial charge in [-0.15, -0.1) is 0 Å². The molecule has 0 amide bonds. The number of rotatable bonds is 7. The molecule has 0 aliphatic carbocycles. The minimum absolute atomic E-state index is 0.354. The Morgan fingerprint density at radius 3 is 2.56 bits per heavy atom. The fraction of sp³-hybridized carbons (Fsp3) is 0.833. The van der Waals surface area contributed by atoms with E-state index in [9.17, 15) is 0 Å². The van der Waals surface area contributed by atoms with Gasteiger partial charge in [0, 0.05) is 13.7 Å². The summed E-state index contributed by atoms with van der Waals surface area (Å²) in [6, 6.07) is 0. The van der Waals surface area contributed by atoms with E-state index >= 15 is 0 Å². The first-order valence-corrected chi connectivity index (χ1v) is 6.10. The Kier molecular flexibility index (Phi) is 4.84. The number of hydrogen-bond donors (Lipinski definition) is 1. The normalized spacial score (nSPS) is 15.7.